The molecule has 4 nitrogen and oxygen atoms in total. The van der Waals surface area contributed by atoms with Gasteiger partial charge in [-0.05, 0) is 6.26 Å². The van der Waals surface area contributed by atoms with Crippen LogP contribution in [0.5, 0.6) is 0 Å². The molecule has 0 bridgehead atoms. The Hall–Kier alpha value is -0.970. The number of urea groups is 1. The third kappa shape index (κ3) is 3.96. The lowest BCUT2D eigenvalue weighted by Gasteiger charge is -1.99. The van der Waals surface area contributed by atoms with Gasteiger partial charge < -0.3 is 5.73 Å². The van der Waals surface area contributed by atoms with Crippen LogP contribution in [-0.2, 0) is 0 Å². The van der Waals surface area contributed by atoms with Crippen LogP contribution in [0.4, 0.5) is 4.79 Å². The zero-order chi connectivity index (χ0) is 7.98. The minimum atomic E-state index is -0.616. The van der Waals surface area contributed by atoms with Crippen molar-refractivity contribution in [3.05, 3.63) is 12.8 Å². The molecule has 0 aromatic heterocycles. The minimum absolute atomic E-state index is 0.447. The van der Waals surface area contributed by atoms with Crippen molar-refractivity contribution in [2.75, 3.05) is 6.26 Å². The highest BCUT2D eigenvalue weighted by Gasteiger charge is 1.96. The monoisotopic (exact) mass is 159 g/mol. The van der Waals surface area contributed by atoms with Gasteiger partial charge in [0.05, 0.1) is 0 Å². The third-order valence-electron chi connectivity index (χ3n) is 0.632. The number of primary amides is 1. The van der Waals surface area contributed by atoms with Crippen molar-refractivity contribution in [3.8, 4) is 0 Å². The number of nitrogens with one attached hydrogen (secondary N) is 1. The smallest absolute Gasteiger partial charge is 0.318 e. The van der Waals surface area contributed by atoms with Gasteiger partial charge in [-0.3, -0.25) is 5.32 Å². The van der Waals surface area contributed by atoms with E-state index < -0.39 is 6.03 Å². The number of hydrogen-bond acceptors (Lipinski definition) is 3. The molecule has 0 fully saturated rings. The molecule has 0 atom stereocenters. The van der Waals surface area contributed by atoms with Crippen LogP contribution in [0.3, 0.4) is 0 Å². The first-order valence-electron chi connectivity index (χ1n) is 2.50. The van der Waals surface area contributed by atoms with Gasteiger partial charge in [0.2, 0.25) is 0 Å². The van der Waals surface area contributed by atoms with Crippen LogP contribution in [0, 0.1) is 0 Å². The Balaban J connectivity index is 3.95. The van der Waals surface area contributed by atoms with E-state index in [1.54, 1.807) is 6.26 Å². The van der Waals surface area contributed by atoms with Crippen LogP contribution in [0.25, 0.3) is 0 Å². The molecule has 0 aliphatic rings. The summed E-state index contributed by atoms with van der Waals surface area (Å²) in [6, 6.07) is -0.616. The molecule has 2 amide bonds. The van der Waals surface area contributed by atoms with Crippen molar-refractivity contribution < 1.29 is 4.79 Å². The Kier molecular flexibility index (Phi) is 4.39. The van der Waals surface area contributed by atoms with Crippen molar-refractivity contribution in [2.45, 2.75) is 0 Å². The Labute approximate surface area is 63.6 Å². The summed E-state index contributed by atoms with van der Waals surface area (Å²) in [6.45, 7) is 3.36. The summed E-state index contributed by atoms with van der Waals surface area (Å²) in [4.78, 5) is 13.9. The van der Waals surface area contributed by atoms with Gasteiger partial charge in [-0.1, -0.05) is 18.3 Å². The molecule has 0 unspecified atom stereocenters. The quantitative estimate of drug-likeness (QED) is 0.432. The van der Waals surface area contributed by atoms with Crippen LogP contribution in [-0.4, -0.2) is 17.5 Å². The molecule has 56 valence electrons. The first-order chi connectivity index (χ1) is 4.70. The van der Waals surface area contributed by atoms with Crippen LogP contribution in [0.2, 0.25) is 0 Å². The van der Waals surface area contributed by atoms with Crippen molar-refractivity contribution in [3.63, 3.8) is 0 Å². The first-order valence-corrected chi connectivity index (χ1v) is 3.72. The van der Waals surface area contributed by atoms with E-state index in [-0.39, 0.29) is 0 Å². The van der Waals surface area contributed by atoms with Crippen molar-refractivity contribution in [2.24, 2.45) is 10.7 Å². The van der Waals surface area contributed by atoms with Crippen LogP contribution >= 0.6 is 11.8 Å². The second kappa shape index (κ2) is 4.87. The Morgan fingerprint density at radius 1 is 1.90 bits per heavy atom. The van der Waals surface area contributed by atoms with Gasteiger partial charge in [0.15, 0.2) is 5.17 Å². The molecule has 0 aliphatic heterocycles. The van der Waals surface area contributed by atoms with Crippen LogP contribution in [0.1, 0.15) is 0 Å². The van der Waals surface area contributed by atoms with Gasteiger partial charge in [-0.15, -0.1) is 0 Å². The Bertz CT molecular complexity index is 166. The maximum absolute atomic E-state index is 10.2. The molecule has 0 heterocycles. The summed E-state index contributed by atoms with van der Waals surface area (Å²) in [5.74, 6) is 0. The van der Waals surface area contributed by atoms with Crippen molar-refractivity contribution in [1.82, 2.24) is 5.32 Å². The van der Waals surface area contributed by atoms with Gasteiger partial charge in [-0.2, -0.15) is 0 Å². The SMILES string of the molecule is C=CN=C(NC(N)=O)SC. The van der Waals surface area contributed by atoms with E-state index in [1.165, 1.54) is 18.0 Å². The maximum atomic E-state index is 10.2. The van der Waals surface area contributed by atoms with E-state index >= 15 is 0 Å². The zero-order valence-corrected chi connectivity index (χ0v) is 6.44. The zero-order valence-electron chi connectivity index (χ0n) is 5.63. The summed E-state index contributed by atoms with van der Waals surface area (Å²) >= 11 is 1.29. The molecule has 0 saturated heterocycles. The normalized spacial score (nSPS) is 10.7. The Morgan fingerprint density at radius 3 is 2.80 bits per heavy atom. The minimum Gasteiger partial charge on any atom is -0.351 e. The molecule has 3 N–H and O–H groups in total. The number of thioether (sulfide) groups is 1. The van der Waals surface area contributed by atoms with E-state index in [2.05, 4.69) is 16.9 Å². The topological polar surface area (TPSA) is 67.5 Å². The van der Waals surface area contributed by atoms with Gasteiger partial charge in [0.25, 0.3) is 0 Å². The summed E-state index contributed by atoms with van der Waals surface area (Å²) in [7, 11) is 0. The number of nitrogens with zero attached hydrogens (tertiary/aromatic N) is 1. The molecule has 0 aliphatic carbocycles. The fourth-order valence-corrected chi connectivity index (χ4v) is 0.707. The number of nitrogens with two attached hydrogens (primary N) is 1. The lowest BCUT2D eigenvalue weighted by Crippen LogP contribution is -2.32. The summed E-state index contributed by atoms with van der Waals surface area (Å²) in [5.41, 5.74) is 4.82. The average molecular weight is 159 g/mol. The number of amides is 2. The number of carbonyl (C=O) groups excluding carboxylic acids is 1. The number of amidine groups is 1. The van der Waals surface area contributed by atoms with Gasteiger partial charge in [-0.25, -0.2) is 9.79 Å². The average Bonchev–Trinajstić information content (AvgIpc) is 1.86. The summed E-state index contributed by atoms with van der Waals surface area (Å²) in [6.07, 6.45) is 3.11. The largest absolute Gasteiger partial charge is 0.351 e. The molecule has 0 saturated carbocycles. The van der Waals surface area contributed by atoms with Gasteiger partial charge in [0.1, 0.15) is 0 Å². The fourth-order valence-electron chi connectivity index (χ4n) is 0.324. The van der Waals surface area contributed by atoms with E-state index in [0.29, 0.717) is 5.17 Å². The van der Waals surface area contributed by atoms with E-state index in [0.717, 1.165) is 0 Å². The highest BCUT2D eigenvalue weighted by atomic mass is 32.2. The lowest BCUT2D eigenvalue weighted by molar-refractivity contribution is 0.253. The lowest BCUT2D eigenvalue weighted by atomic mass is 10.9. The van der Waals surface area contributed by atoms with E-state index in [9.17, 15) is 4.79 Å². The molecule has 0 aromatic rings. The fraction of sp³-hybridized carbons (Fsp3) is 0.200. The molecular formula is C5H9N3OS. The van der Waals surface area contributed by atoms with Gasteiger partial charge in [0, 0.05) is 6.20 Å². The maximum Gasteiger partial charge on any atom is 0.318 e. The highest BCUT2D eigenvalue weighted by Crippen LogP contribution is 1.93. The number of rotatable bonds is 1. The number of hydrogen-bond donors (Lipinski definition) is 2. The molecule has 10 heavy (non-hydrogen) atoms. The molecule has 0 aromatic carbocycles. The van der Waals surface area contributed by atoms with Crippen molar-refractivity contribution >= 4 is 23.0 Å². The predicted octanol–water partition coefficient (Wildman–Crippen LogP) is 0.517. The summed E-state index contributed by atoms with van der Waals surface area (Å²) in [5, 5.41) is 2.76. The van der Waals surface area contributed by atoms with Crippen LogP contribution < -0.4 is 11.1 Å². The van der Waals surface area contributed by atoms with Crippen LogP contribution in [0.15, 0.2) is 17.8 Å². The molecular weight excluding hydrogens is 150 g/mol. The van der Waals surface area contributed by atoms with E-state index in [4.69, 9.17) is 5.73 Å². The van der Waals surface area contributed by atoms with Gasteiger partial charge >= 0.3 is 6.03 Å². The molecule has 0 rings (SSSR count). The third-order valence-corrected chi connectivity index (χ3v) is 1.23. The second-order valence-electron chi connectivity index (χ2n) is 1.31. The first kappa shape index (κ1) is 9.03. The predicted molar refractivity (Wildman–Crippen MR) is 43.9 cm³/mol. The highest BCUT2D eigenvalue weighted by molar-refractivity contribution is 8.13. The van der Waals surface area contributed by atoms with Crippen molar-refractivity contribution in [1.29, 1.82) is 0 Å². The second-order valence-corrected chi connectivity index (χ2v) is 2.11. The molecule has 0 radical (unpaired) electrons. The molecule has 5 heteroatoms. The van der Waals surface area contributed by atoms with E-state index in [1.807, 2.05) is 0 Å². The number of carbonyl (C=O) groups is 1. The standard InChI is InChI=1S/C5H9N3OS/c1-3-7-5(10-2)8-4(6)9/h3H,1H2,2H3,(H3,6,7,8,9). The number of aliphatic imine (C=N–C) groups is 1. The molecule has 0 spiro atoms. The summed E-state index contributed by atoms with van der Waals surface area (Å²) < 4.78 is 0. The Morgan fingerprint density at radius 2 is 2.50 bits per heavy atom.